The fourth-order valence-electron chi connectivity index (χ4n) is 2.71. The number of ketones is 1. The summed E-state index contributed by atoms with van der Waals surface area (Å²) in [6.45, 7) is 9.97. The molecule has 2 rings (SSSR count). The van der Waals surface area contributed by atoms with Gasteiger partial charge in [0.05, 0.1) is 5.56 Å². The molecule has 1 aromatic carbocycles. The van der Waals surface area contributed by atoms with E-state index in [2.05, 4.69) is 19.9 Å². The summed E-state index contributed by atoms with van der Waals surface area (Å²) in [6, 6.07) is 6.04. The minimum Gasteiger partial charge on any atom is -0.466 e. The van der Waals surface area contributed by atoms with Gasteiger partial charge < -0.3 is 4.42 Å². The summed E-state index contributed by atoms with van der Waals surface area (Å²) in [4.78, 5) is 12.7. The average molecular weight is 270 g/mol. The lowest BCUT2D eigenvalue weighted by Gasteiger charge is -2.08. The molecule has 0 atom stereocenters. The van der Waals surface area contributed by atoms with E-state index >= 15 is 0 Å². The number of rotatable bonds is 4. The molecule has 106 valence electrons. The van der Waals surface area contributed by atoms with Gasteiger partial charge in [0.2, 0.25) is 0 Å². The van der Waals surface area contributed by atoms with Crippen LogP contribution < -0.4 is 0 Å². The lowest BCUT2D eigenvalue weighted by atomic mass is 9.94. The van der Waals surface area contributed by atoms with Crippen LogP contribution in [0, 0.1) is 20.8 Å². The van der Waals surface area contributed by atoms with Crippen LogP contribution in [0.1, 0.15) is 58.0 Å². The number of carbonyl (C=O) groups is 1. The Kier molecular flexibility index (Phi) is 4.12. The van der Waals surface area contributed by atoms with Gasteiger partial charge in [0.15, 0.2) is 5.78 Å². The van der Waals surface area contributed by atoms with E-state index in [-0.39, 0.29) is 5.78 Å². The third-order valence-corrected chi connectivity index (χ3v) is 4.02. The van der Waals surface area contributed by atoms with E-state index in [4.69, 9.17) is 4.42 Å². The smallest absolute Gasteiger partial charge is 0.196 e. The molecule has 0 N–H and O–H groups in total. The van der Waals surface area contributed by atoms with Crippen LogP contribution in [0.2, 0.25) is 0 Å². The maximum atomic E-state index is 12.7. The third-order valence-electron chi connectivity index (χ3n) is 4.02. The van der Waals surface area contributed by atoms with E-state index in [1.807, 2.05) is 32.9 Å². The van der Waals surface area contributed by atoms with Crippen molar-refractivity contribution in [2.75, 3.05) is 0 Å². The third kappa shape index (κ3) is 2.43. The van der Waals surface area contributed by atoms with Gasteiger partial charge in [-0.3, -0.25) is 4.79 Å². The first-order valence-electron chi connectivity index (χ1n) is 7.22. The van der Waals surface area contributed by atoms with Crippen LogP contribution in [-0.2, 0) is 12.8 Å². The minimum atomic E-state index is 0.0641. The minimum absolute atomic E-state index is 0.0641. The number of aryl methyl sites for hydroxylation is 4. The van der Waals surface area contributed by atoms with Crippen molar-refractivity contribution in [2.45, 2.75) is 47.5 Å². The second-order valence-electron chi connectivity index (χ2n) is 5.23. The van der Waals surface area contributed by atoms with Gasteiger partial charge in [0, 0.05) is 11.1 Å². The summed E-state index contributed by atoms with van der Waals surface area (Å²) in [6.07, 6.45) is 1.95. The molecule has 0 unspecified atom stereocenters. The van der Waals surface area contributed by atoms with Crippen molar-refractivity contribution in [1.29, 1.82) is 0 Å². The van der Waals surface area contributed by atoms with E-state index in [1.165, 1.54) is 11.1 Å². The van der Waals surface area contributed by atoms with Gasteiger partial charge >= 0.3 is 0 Å². The highest BCUT2D eigenvalue weighted by Crippen LogP contribution is 2.25. The highest BCUT2D eigenvalue weighted by molar-refractivity contribution is 6.10. The predicted octanol–water partition coefficient (Wildman–Crippen LogP) is 4.56. The van der Waals surface area contributed by atoms with Gasteiger partial charge in [0.25, 0.3) is 0 Å². The monoisotopic (exact) mass is 270 g/mol. The molecule has 0 saturated heterocycles. The van der Waals surface area contributed by atoms with Crippen molar-refractivity contribution in [3.63, 3.8) is 0 Å². The molecular weight excluding hydrogens is 248 g/mol. The van der Waals surface area contributed by atoms with Crippen molar-refractivity contribution in [2.24, 2.45) is 0 Å². The maximum Gasteiger partial charge on any atom is 0.196 e. The largest absolute Gasteiger partial charge is 0.466 e. The van der Waals surface area contributed by atoms with Crippen molar-refractivity contribution >= 4 is 5.78 Å². The van der Waals surface area contributed by atoms with Gasteiger partial charge in [-0.25, -0.2) is 0 Å². The fourth-order valence-corrected chi connectivity index (χ4v) is 2.71. The first-order chi connectivity index (χ1) is 9.49. The Morgan fingerprint density at radius 3 is 2.15 bits per heavy atom. The number of hydrogen-bond acceptors (Lipinski definition) is 2. The van der Waals surface area contributed by atoms with Crippen LogP contribution in [0.15, 0.2) is 22.6 Å². The second-order valence-corrected chi connectivity index (χ2v) is 5.23. The van der Waals surface area contributed by atoms with E-state index in [0.29, 0.717) is 11.3 Å². The molecule has 0 aliphatic heterocycles. The Hall–Kier alpha value is -1.83. The molecular formula is C18H22O2. The highest BCUT2D eigenvalue weighted by Gasteiger charge is 2.20. The van der Waals surface area contributed by atoms with Crippen LogP contribution in [0.25, 0.3) is 0 Å². The van der Waals surface area contributed by atoms with E-state index < -0.39 is 0 Å². The lowest BCUT2D eigenvalue weighted by Crippen LogP contribution is -2.05. The highest BCUT2D eigenvalue weighted by atomic mass is 16.3. The normalized spacial score (nSPS) is 10.8. The molecule has 0 saturated carbocycles. The van der Waals surface area contributed by atoms with Crippen LogP contribution >= 0.6 is 0 Å². The summed E-state index contributed by atoms with van der Waals surface area (Å²) in [5, 5.41) is 0. The van der Waals surface area contributed by atoms with Gasteiger partial charge in [0.1, 0.15) is 11.5 Å². The Morgan fingerprint density at radius 2 is 1.65 bits per heavy atom. The Balaban J connectivity index is 2.48. The molecule has 1 heterocycles. The molecule has 0 fully saturated rings. The summed E-state index contributed by atoms with van der Waals surface area (Å²) < 4.78 is 5.57. The van der Waals surface area contributed by atoms with Gasteiger partial charge in [-0.05, 0) is 50.8 Å². The van der Waals surface area contributed by atoms with Crippen molar-refractivity contribution in [3.05, 3.63) is 57.5 Å². The molecule has 20 heavy (non-hydrogen) atoms. The summed E-state index contributed by atoms with van der Waals surface area (Å²) >= 11 is 0. The van der Waals surface area contributed by atoms with Gasteiger partial charge in [-0.15, -0.1) is 0 Å². The Labute approximate surface area is 120 Å². The molecule has 1 aromatic heterocycles. The Morgan fingerprint density at radius 1 is 1.00 bits per heavy atom. The van der Waals surface area contributed by atoms with E-state index in [0.717, 1.165) is 29.7 Å². The topological polar surface area (TPSA) is 30.2 Å². The first-order valence-corrected chi connectivity index (χ1v) is 7.22. The molecule has 2 nitrogen and oxygen atoms in total. The Bertz CT molecular complexity index is 648. The van der Waals surface area contributed by atoms with Gasteiger partial charge in [-0.2, -0.15) is 0 Å². The molecule has 0 radical (unpaired) electrons. The molecule has 0 aliphatic carbocycles. The fraction of sp³-hybridized carbons (Fsp3) is 0.389. The molecule has 0 amide bonds. The number of benzene rings is 1. The maximum absolute atomic E-state index is 12.7. The molecule has 2 aromatic rings. The van der Waals surface area contributed by atoms with E-state index in [1.54, 1.807) is 0 Å². The van der Waals surface area contributed by atoms with Crippen molar-refractivity contribution in [3.8, 4) is 0 Å². The first kappa shape index (κ1) is 14.6. The van der Waals surface area contributed by atoms with E-state index in [9.17, 15) is 4.79 Å². The zero-order valence-electron chi connectivity index (χ0n) is 13.0. The predicted molar refractivity (Wildman–Crippen MR) is 81.5 cm³/mol. The summed E-state index contributed by atoms with van der Waals surface area (Å²) in [5.41, 5.74) is 5.00. The molecule has 0 bridgehead atoms. The van der Waals surface area contributed by atoms with Crippen molar-refractivity contribution in [1.82, 2.24) is 0 Å². The second kappa shape index (κ2) is 5.66. The van der Waals surface area contributed by atoms with Gasteiger partial charge in [-0.1, -0.05) is 26.0 Å². The molecule has 0 aliphatic rings. The van der Waals surface area contributed by atoms with Crippen LogP contribution in [0.5, 0.6) is 0 Å². The molecule has 0 spiro atoms. The van der Waals surface area contributed by atoms with Crippen molar-refractivity contribution < 1.29 is 9.21 Å². The lowest BCUT2D eigenvalue weighted by molar-refractivity contribution is 0.103. The average Bonchev–Trinajstić information content (AvgIpc) is 2.70. The standard InChI is InChI=1S/C18H22O2/c1-6-14-8-9-16(10-15(14)7-2)18(19)17-11(3)12(4)20-13(17)5/h8-10H,6-7H2,1-5H3. The summed E-state index contributed by atoms with van der Waals surface area (Å²) in [7, 11) is 0. The SMILES string of the molecule is CCc1ccc(C(=O)c2c(C)oc(C)c2C)cc1CC. The summed E-state index contributed by atoms with van der Waals surface area (Å²) in [5.74, 6) is 1.60. The van der Waals surface area contributed by atoms with Crippen LogP contribution in [0.3, 0.4) is 0 Å². The van der Waals surface area contributed by atoms with Crippen LogP contribution in [-0.4, -0.2) is 5.78 Å². The zero-order valence-corrected chi connectivity index (χ0v) is 13.0. The van der Waals surface area contributed by atoms with Crippen LogP contribution in [0.4, 0.5) is 0 Å². The number of hydrogen-bond donors (Lipinski definition) is 0. The molecule has 2 heteroatoms. The quantitative estimate of drug-likeness (QED) is 0.762. The zero-order chi connectivity index (χ0) is 14.9. The number of carbonyl (C=O) groups excluding carboxylic acids is 1. The number of furan rings is 1.